The van der Waals surface area contributed by atoms with Gasteiger partial charge in [-0.3, -0.25) is 0 Å². The van der Waals surface area contributed by atoms with Crippen molar-refractivity contribution in [2.45, 2.75) is 64.6 Å². The summed E-state index contributed by atoms with van der Waals surface area (Å²) in [6.45, 7) is 6.72. The molecule has 1 N–H and O–H groups in total. The van der Waals surface area contributed by atoms with Crippen LogP contribution in [0.1, 0.15) is 63.2 Å². The van der Waals surface area contributed by atoms with Crippen LogP contribution < -0.4 is 4.74 Å². The summed E-state index contributed by atoms with van der Waals surface area (Å²) in [5.74, 6) is 0.893. The van der Waals surface area contributed by atoms with E-state index in [1.807, 2.05) is 6.07 Å². The van der Waals surface area contributed by atoms with Crippen LogP contribution in [0.4, 0.5) is 0 Å². The summed E-state index contributed by atoms with van der Waals surface area (Å²) in [7, 11) is 0. The molecule has 1 atom stereocenters. The number of rotatable bonds is 0. The van der Waals surface area contributed by atoms with Crippen LogP contribution in [0.15, 0.2) is 18.2 Å². The van der Waals surface area contributed by atoms with Crippen molar-refractivity contribution in [2.24, 2.45) is 5.41 Å². The summed E-state index contributed by atoms with van der Waals surface area (Å²) in [6.07, 6.45) is 4.86. The monoisotopic (exact) mass is 260 g/mol. The Balaban J connectivity index is 1.87. The van der Waals surface area contributed by atoms with Crippen molar-refractivity contribution in [1.82, 2.24) is 0 Å². The average Bonchev–Trinajstić information content (AvgIpc) is 2.35. The minimum Gasteiger partial charge on any atom is -0.487 e. The SMILES string of the molecule is Cc1ccc2c(c1)C(O)CC1(CCC(C)(C)CC1)O2. The smallest absolute Gasteiger partial charge is 0.125 e. The molecule has 1 unspecified atom stereocenters. The molecule has 19 heavy (non-hydrogen) atoms. The molecule has 104 valence electrons. The zero-order chi connectivity index (χ0) is 13.7. The number of hydrogen-bond donors (Lipinski definition) is 1. The van der Waals surface area contributed by atoms with Gasteiger partial charge in [0.1, 0.15) is 11.4 Å². The van der Waals surface area contributed by atoms with Crippen LogP contribution in [0.5, 0.6) is 5.75 Å². The van der Waals surface area contributed by atoms with Gasteiger partial charge in [0, 0.05) is 12.0 Å². The zero-order valence-corrected chi connectivity index (χ0v) is 12.2. The molecule has 1 saturated carbocycles. The fourth-order valence-corrected chi connectivity index (χ4v) is 3.45. The van der Waals surface area contributed by atoms with Gasteiger partial charge < -0.3 is 9.84 Å². The van der Waals surface area contributed by atoms with Crippen LogP contribution in [-0.2, 0) is 0 Å². The van der Waals surface area contributed by atoms with Gasteiger partial charge in [-0.15, -0.1) is 0 Å². The largest absolute Gasteiger partial charge is 0.487 e. The van der Waals surface area contributed by atoms with Crippen LogP contribution in [0.2, 0.25) is 0 Å². The van der Waals surface area contributed by atoms with Gasteiger partial charge in [0.2, 0.25) is 0 Å². The molecule has 3 rings (SSSR count). The summed E-state index contributed by atoms with van der Waals surface area (Å²) < 4.78 is 6.32. The number of aliphatic hydroxyl groups excluding tert-OH is 1. The maximum absolute atomic E-state index is 10.5. The predicted molar refractivity (Wildman–Crippen MR) is 76.4 cm³/mol. The average molecular weight is 260 g/mol. The molecule has 1 spiro atoms. The van der Waals surface area contributed by atoms with Gasteiger partial charge >= 0.3 is 0 Å². The third-order valence-electron chi connectivity index (χ3n) is 4.93. The molecule has 2 aliphatic rings. The maximum Gasteiger partial charge on any atom is 0.125 e. The maximum atomic E-state index is 10.5. The number of fused-ring (bicyclic) bond motifs is 1. The standard InChI is InChI=1S/C17H24O2/c1-12-4-5-15-13(10-12)14(18)11-17(19-15)8-6-16(2,3)7-9-17/h4-5,10,14,18H,6-9,11H2,1-3H3. The molecule has 1 fully saturated rings. The van der Waals surface area contributed by atoms with Crippen molar-refractivity contribution < 1.29 is 9.84 Å². The topological polar surface area (TPSA) is 29.5 Å². The fourth-order valence-electron chi connectivity index (χ4n) is 3.45. The highest BCUT2D eigenvalue weighted by atomic mass is 16.5. The first-order valence-corrected chi connectivity index (χ1v) is 7.37. The minimum absolute atomic E-state index is 0.128. The number of aryl methyl sites for hydroxylation is 1. The van der Waals surface area contributed by atoms with E-state index in [0.29, 0.717) is 5.41 Å². The first kappa shape index (κ1) is 13.0. The Morgan fingerprint density at radius 2 is 1.84 bits per heavy atom. The van der Waals surface area contributed by atoms with Crippen LogP contribution in [0.3, 0.4) is 0 Å². The minimum atomic E-state index is -0.370. The van der Waals surface area contributed by atoms with Gasteiger partial charge in [-0.2, -0.15) is 0 Å². The molecule has 1 aliphatic carbocycles. The van der Waals surface area contributed by atoms with E-state index in [2.05, 4.69) is 32.9 Å². The predicted octanol–water partition coefficient (Wildman–Crippen LogP) is 4.15. The normalized spacial score (nSPS) is 27.7. The molecule has 0 radical (unpaired) electrons. The summed E-state index contributed by atoms with van der Waals surface area (Å²) in [6, 6.07) is 6.14. The number of benzene rings is 1. The van der Waals surface area contributed by atoms with E-state index < -0.39 is 0 Å². The lowest BCUT2D eigenvalue weighted by atomic mass is 9.68. The second kappa shape index (κ2) is 4.24. The van der Waals surface area contributed by atoms with Gasteiger partial charge in [0.15, 0.2) is 0 Å². The van der Waals surface area contributed by atoms with Gasteiger partial charge in [-0.25, -0.2) is 0 Å². The van der Waals surface area contributed by atoms with Crippen LogP contribution in [0, 0.1) is 12.3 Å². The molecule has 0 bridgehead atoms. The molecule has 0 amide bonds. The van der Waals surface area contributed by atoms with Gasteiger partial charge in [0.25, 0.3) is 0 Å². The summed E-state index contributed by atoms with van der Waals surface area (Å²) in [5, 5.41) is 10.5. The van der Waals surface area contributed by atoms with Crippen molar-refractivity contribution in [3.05, 3.63) is 29.3 Å². The van der Waals surface area contributed by atoms with Crippen LogP contribution >= 0.6 is 0 Å². The number of hydrogen-bond acceptors (Lipinski definition) is 2. The van der Waals surface area contributed by atoms with Gasteiger partial charge in [0.05, 0.1) is 6.10 Å². The van der Waals surface area contributed by atoms with Crippen molar-refractivity contribution in [1.29, 1.82) is 0 Å². The highest BCUT2D eigenvalue weighted by Gasteiger charge is 2.44. The lowest BCUT2D eigenvalue weighted by molar-refractivity contribution is -0.0576. The summed E-state index contributed by atoms with van der Waals surface area (Å²) in [4.78, 5) is 0. The quantitative estimate of drug-likeness (QED) is 0.759. The highest BCUT2D eigenvalue weighted by Crippen LogP contribution is 2.49. The van der Waals surface area contributed by atoms with E-state index in [4.69, 9.17) is 4.74 Å². The van der Waals surface area contributed by atoms with Crippen LogP contribution in [0.25, 0.3) is 0 Å². The molecule has 1 aromatic carbocycles. The van der Waals surface area contributed by atoms with E-state index in [-0.39, 0.29) is 11.7 Å². The van der Waals surface area contributed by atoms with Gasteiger partial charge in [-0.05, 0) is 50.2 Å². The lowest BCUT2D eigenvalue weighted by Gasteiger charge is -2.47. The van der Waals surface area contributed by atoms with Crippen molar-refractivity contribution in [3.8, 4) is 5.75 Å². The Kier molecular flexibility index (Phi) is 2.90. The Labute approximate surface area is 115 Å². The van der Waals surface area contributed by atoms with Crippen LogP contribution in [-0.4, -0.2) is 10.7 Å². The Bertz CT molecular complexity index is 480. The number of aliphatic hydroxyl groups is 1. The molecule has 2 nitrogen and oxygen atoms in total. The Morgan fingerprint density at radius 1 is 1.16 bits per heavy atom. The molecule has 1 aromatic rings. The zero-order valence-electron chi connectivity index (χ0n) is 12.2. The Morgan fingerprint density at radius 3 is 2.53 bits per heavy atom. The van der Waals surface area contributed by atoms with Gasteiger partial charge in [-0.1, -0.05) is 25.5 Å². The molecular formula is C17H24O2. The second-order valence-electron chi connectivity index (χ2n) is 7.21. The summed E-state index contributed by atoms with van der Waals surface area (Å²) >= 11 is 0. The van der Waals surface area contributed by atoms with Crippen molar-refractivity contribution >= 4 is 0 Å². The first-order chi connectivity index (χ1) is 8.89. The second-order valence-corrected chi connectivity index (χ2v) is 7.21. The molecule has 1 aliphatic heterocycles. The van der Waals surface area contributed by atoms with Crippen molar-refractivity contribution in [2.75, 3.05) is 0 Å². The van der Waals surface area contributed by atoms with E-state index in [9.17, 15) is 5.11 Å². The van der Waals surface area contributed by atoms with E-state index >= 15 is 0 Å². The van der Waals surface area contributed by atoms with E-state index in [1.165, 1.54) is 18.4 Å². The lowest BCUT2D eigenvalue weighted by Crippen LogP contribution is -2.45. The molecule has 1 heterocycles. The third-order valence-corrected chi connectivity index (χ3v) is 4.93. The molecular weight excluding hydrogens is 236 g/mol. The number of ether oxygens (including phenoxy) is 1. The van der Waals surface area contributed by atoms with E-state index in [0.717, 1.165) is 30.6 Å². The van der Waals surface area contributed by atoms with Crippen molar-refractivity contribution in [3.63, 3.8) is 0 Å². The fraction of sp³-hybridized carbons (Fsp3) is 0.647. The highest BCUT2D eigenvalue weighted by molar-refractivity contribution is 5.41. The van der Waals surface area contributed by atoms with E-state index in [1.54, 1.807) is 0 Å². The molecule has 0 saturated heterocycles. The Hall–Kier alpha value is -1.02. The molecule has 2 heteroatoms. The third kappa shape index (κ3) is 2.38. The molecule has 0 aromatic heterocycles. The first-order valence-electron chi connectivity index (χ1n) is 7.37. The summed E-state index contributed by atoms with van der Waals surface area (Å²) in [5.41, 5.74) is 2.45.